The van der Waals surface area contributed by atoms with Crippen molar-refractivity contribution in [2.45, 2.75) is 0 Å². The molecule has 1 aromatic heterocycles. The molecular formula is C14H8ClN3O2. The van der Waals surface area contributed by atoms with Gasteiger partial charge in [-0.25, -0.2) is 0 Å². The molecule has 0 aliphatic carbocycles. The SMILES string of the molecule is O=[N+]([O-])c1cccc2c(-c3ccccc3)nnc(Cl)c12. The summed E-state index contributed by atoms with van der Waals surface area (Å²) in [7, 11) is 0. The first-order valence-electron chi connectivity index (χ1n) is 5.83. The average Bonchev–Trinajstić information content (AvgIpc) is 2.48. The molecule has 0 N–H and O–H groups in total. The molecule has 20 heavy (non-hydrogen) atoms. The number of fused-ring (bicyclic) bond motifs is 1. The predicted molar refractivity (Wildman–Crippen MR) is 76.6 cm³/mol. The molecule has 1 heterocycles. The Morgan fingerprint density at radius 2 is 1.75 bits per heavy atom. The van der Waals surface area contributed by atoms with Gasteiger partial charge in [-0.15, -0.1) is 10.2 Å². The van der Waals surface area contributed by atoms with Gasteiger partial charge in [0.2, 0.25) is 0 Å². The molecule has 0 radical (unpaired) electrons. The highest BCUT2D eigenvalue weighted by Gasteiger charge is 2.19. The number of hydrogen-bond donors (Lipinski definition) is 0. The lowest BCUT2D eigenvalue weighted by molar-refractivity contribution is -0.383. The maximum Gasteiger partial charge on any atom is 0.280 e. The van der Waals surface area contributed by atoms with Crippen LogP contribution in [0.4, 0.5) is 5.69 Å². The van der Waals surface area contributed by atoms with Crippen LogP contribution >= 0.6 is 11.6 Å². The van der Waals surface area contributed by atoms with E-state index in [9.17, 15) is 10.1 Å². The lowest BCUT2D eigenvalue weighted by atomic mass is 10.0. The number of rotatable bonds is 2. The molecule has 0 unspecified atom stereocenters. The fourth-order valence-electron chi connectivity index (χ4n) is 2.11. The maximum absolute atomic E-state index is 11.1. The van der Waals surface area contributed by atoms with Gasteiger partial charge in [0.15, 0.2) is 5.15 Å². The van der Waals surface area contributed by atoms with Crippen LogP contribution in [0.25, 0.3) is 22.0 Å². The second-order valence-corrected chi connectivity index (χ2v) is 4.52. The minimum Gasteiger partial charge on any atom is -0.258 e. The zero-order valence-corrected chi connectivity index (χ0v) is 10.9. The summed E-state index contributed by atoms with van der Waals surface area (Å²) < 4.78 is 0. The van der Waals surface area contributed by atoms with E-state index < -0.39 is 4.92 Å². The summed E-state index contributed by atoms with van der Waals surface area (Å²) in [4.78, 5) is 10.6. The summed E-state index contributed by atoms with van der Waals surface area (Å²) in [5, 5.41) is 20.0. The van der Waals surface area contributed by atoms with Crippen LogP contribution in [0.3, 0.4) is 0 Å². The van der Waals surface area contributed by atoms with Gasteiger partial charge in [0.05, 0.1) is 4.92 Å². The average molecular weight is 286 g/mol. The molecule has 98 valence electrons. The van der Waals surface area contributed by atoms with Gasteiger partial charge in [0.25, 0.3) is 5.69 Å². The number of nitro benzene ring substituents is 1. The first-order chi connectivity index (χ1) is 9.68. The van der Waals surface area contributed by atoms with Crippen LogP contribution in [0.1, 0.15) is 0 Å². The first kappa shape index (κ1) is 12.5. The van der Waals surface area contributed by atoms with Crippen molar-refractivity contribution in [1.29, 1.82) is 0 Å². The van der Waals surface area contributed by atoms with Crippen molar-refractivity contribution < 1.29 is 4.92 Å². The highest BCUT2D eigenvalue weighted by atomic mass is 35.5. The smallest absolute Gasteiger partial charge is 0.258 e. The minimum absolute atomic E-state index is 0.0342. The van der Waals surface area contributed by atoms with Gasteiger partial charge < -0.3 is 0 Å². The summed E-state index contributed by atoms with van der Waals surface area (Å²) >= 11 is 5.99. The van der Waals surface area contributed by atoms with E-state index in [2.05, 4.69) is 10.2 Å². The van der Waals surface area contributed by atoms with Crippen molar-refractivity contribution in [3.8, 4) is 11.3 Å². The molecule has 6 heteroatoms. The number of aromatic nitrogens is 2. The minimum atomic E-state index is -0.468. The molecule has 2 aromatic carbocycles. The van der Waals surface area contributed by atoms with Crippen molar-refractivity contribution >= 4 is 28.1 Å². The van der Waals surface area contributed by atoms with Gasteiger partial charge in [-0.3, -0.25) is 10.1 Å². The monoisotopic (exact) mass is 285 g/mol. The number of non-ortho nitro benzene ring substituents is 1. The molecule has 0 fully saturated rings. The third-order valence-corrected chi connectivity index (χ3v) is 3.25. The first-order valence-corrected chi connectivity index (χ1v) is 6.21. The van der Waals surface area contributed by atoms with E-state index in [1.54, 1.807) is 12.1 Å². The van der Waals surface area contributed by atoms with Crippen molar-refractivity contribution in [2.75, 3.05) is 0 Å². The van der Waals surface area contributed by atoms with E-state index in [0.29, 0.717) is 16.5 Å². The quantitative estimate of drug-likeness (QED) is 0.529. The standard InChI is InChI=1S/C14H8ClN3O2/c15-14-12-10(7-4-8-11(12)18(19)20)13(16-17-14)9-5-2-1-3-6-9/h1-8H. The Hall–Kier alpha value is -2.53. The van der Waals surface area contributed by atoms with Gasteiger partial charge in [-0.1, -0.05) is 54.1 Å². The van der Waals surface area contributed by atoms with E-state index in [4.69, 9.17) is 11.6 Å². The number of nitrogens with zero attached hydrogens (tertiary/aromatic N) is 3. The van der Waals surface area contributed by atoms with Crippen LogP contribution in [0.5, 0.6) is 0 Å². The molecule has 0 atom stereocenters. The maximum atomic E-state index is 11.1. The Labute approximate surface area is 119 Å². The van der Waals surface area contributed by atoms with Gasteiger partial charge in [0.1, 0.15) is 11.1 Å². The van der Waals surface area contributed by atoms with E-state index in [1.165, 1.54) is 6.07 Å². The van der Waals surface area contributed by atoms with Crippen molar-refractivity contribution in [2.24, 2.45) is 0 Å². The molecule has 0 aliphatic rings. The fraction of sp³-hybridized carbons (Fsp3) is 0. The molecule has 3 rings (SSSR count). The van der Waals surface area contributed by atoms with Crippen LogP contribution in [-0.4, -0.2) is 15.1 Å². The highest BCUT2D eigenvalue weighted by Crippen LogP contribution is 2.35. The van der Waals surface area contributed by atoms with Gasteiger partial charge in [0, 0.05) is 17.0 Å². The topological polar surface area (TPSA) is 68.9 Å². The van der Waals surface area contributed by atoms with E-state index in [0.717, 1.165) is 5.56 Å². The lowest BCUT2D eigenvalue weighted by Gasteiger charge is -2.06. The zero-order valence-electron chi connectivity index (χ0n) is 10.2. The summed E-state index contributed by atoms with van der Waals surface area (Å²) in [6.07, 6.45) is 0. The van der Waals surface area contributed by atoms with E-state index in [-0.39, 0.29) is 10.8 Å². The molecule has 0 saturated heterocycles. The molecule has 0 saturated carbocycles. The van der Waals surface area contributed by atoms with Crippen LogP contribution in [0.2, 0.25) is 5.15 Å². The molecule has 0 bridgehead atoms. The second-order valence-electron chi connectivity index (χ2n) is 4.16. The summed E-state index contributed by atoms with van der Waals surface area (Å²) in [5.74, 6) is 0. The molecule has 5 nitrogen and oxygen atoms in total. The number of benzene rings is 2. The zero-order chi connectivity index (χ0) is 14.1. The highest BCUT2D eigenvalue weighted by molar-refractivity contribution is 6.35. The van der Waals surface area contributed by atoms with Crippen molar-refractivity contribution in [3.63, 3.8) is 0 Å². The van der Waals surface area contributed by atoms with Gasteiger partial charge >= 0.3 is 0 Å². The Bertz CT molecular complexity index is 806. The largest absolute Gasteiger partial charge is 0.280 e. The molecular weight excluding hydrogens is 278 g/mol. The Kier molecular flexibility index (Phi) is 3.04. The number of hydrogen-bond acceptors (Lipinski definition) is 4. The molecule has 0 amide bonds. The molecule has 0 aliphatic heterocycles. The fourth-order valence-corrected chi connectivity index (χ4v) is 2.35. The normalized spacial score (nSPS) is 10.7. The Balaban J connectivity index is 2.40. The third kappa shape index (κ3) is 1.98. The summed E-state index contributed by atoms with van der Waals surface area (Å²) in [5.41, 5.74) is 1.34. The molecule has 0 spiro atoms. The Morgan fingerprint density at radius 3 is 2.45 bits per heavy atom. The van der Waals surface area contributed by atoms with Gasteiger partial charge in [-0.2, -0.15) is 0 Å². The summed E-state index contributed by atoms with van der Waals surface area (Å²) in [6, 6.07) is 14.1. The van der Waals surface area contributed by atoms with Crippen LogP contribution < -0.4 is 0 Å². The number of halogens is 1. The third-order valence-electron chi connectivity index (χ3n) is 2.99. The van der Waals surface area contributed by atoms with Crippen molar-refractivity contribution in [1.82, 2.24) is 10.2 Å². The lowest BCUT2D eigenvalue weighted by Crippen LogP contribution is -1.95. The second kappa shape index (κ2) is 4.86. The van der Waals surface area contributed by atoms with Crippen LogP contribution in [0, 0.1) is 10.1 Å². The van der Waals surface area contributed by atoms with Crippen LogP contribution in [-0.2, 0) is 0 Å². The van der Waals surface area contributed by atoms with Gasteiger partial charge in [-0.05, 0) is 0 Å². The number of nitro groups is 1. The van der Waals surface area contributed by atoms with Crippen LogP contribution in [0.15, 0.2) is 48.5 Å². The molecule has 3 aromatic rings. The Morgan fingerprint density at radius 1 is 1.00 bits per heavy atom. The van der Waals surface area contributed by atoms with E-state index >= 15 is 0 Å². The summed E-state index contributed by atoms with van der Waals surface area (Å²) in [6.45, 7) is 0. The predicted octanol–water partition coefficient (Wildman–Crippen LogP) is 3.86. The van der Waals surface area contributed by atoms with Crippen molar-refractivity contribution in [3.05, 3.63) is 63.8 Å². The van der Waals surface area contributed by atoms with E-state index in [1.807, 2.05) is 30.3 Å².